The van der Waals surface area contributed by atoms with E-state index in [2.05, 4.69) is 22.5 Å². The number of carbonyl (C=O) groups excluding carboxylic acids is 1. The van der Waals surface area contributed by atoms with Crippen LogP contribution in [0.4, 0.5) is 4.79 Å². The van der Waals surface area contributed by atoms with Gasteiger partial charge in [0.25, 0.3) is 0 Å². The number of amides is 2. The predicted octanol–water partition coefficient (Wildman–Crippen LogP) is 0.0296. The van der Waals surface area contributed by atoms with E-state index in [4.69, 9.17) is 5.11 Å². The van der Waals surface area contributed by atoms with Gasteiger partial charge in [-0.05, 0) is 6.92 Å². The molecule has 78 valence electrons. The van der Waals surface area contributed by atoms with Crippen molar-refractivity contribution in [1.82, 2.24) is 10.6 Å². The molecule has 0 saturated heterocycles. The molecule has 0 aliphatic carbocycles. The lowest BCUT2D eigenvalue weighted by Crippen LogP contribution is -2.39. The van der Waals surface area contributed by atoms with Crippen LogP contribution in [0.1, 0.15) is 13.8 Å². The molecule has 5 nitrogen and oxygen atoms in total. The van der Waals surface area contributed by atoms with E-state index in [0.29, 0.717) is 0 Å². The third-order valence-corrected chi connectivity index (χ3v) is 1.50. The quantitative estimate of drug-likeness (QED) is 0.558. The summed E-state index contributed by atoms with van der Waals surface area (Å²) in [5.41, 5.74) is 0. The lowest BCUT2D eigenvalue weighted by Gasteiger charge is -2.07. The fourth-order valence-electron chi connectivity index (χ4n) is 0.608. The number of nitrogens with one attached hydrogen (secondary N) is 2. The molecule has 0 heterocycles. The van der Waals surface area contributed by atoms with Gasteiger partial charge in [0.05, 0.1) is 12.5 Å². The zero-order chi connectivity index (χ0) is 11.0. The number of hydrogen-bond donors (Lipinski definition) is 3. The molecular formula is C9H14N2O3. The number of carboxylic acids is 1. The number of carboxylic acid groups (broad SMARTS) is 1. The molecule has 2 amide bonds. The highest BCUT2D eigenvalue weighted by Gasteiger charge is 2.11. The standard InChI is InChI=1S/C9H14N2O3/c1-3-4-5-10-9(14)11-6-7(2)8(12)13/h7H,5-6H2,1-2H3,(H,12,13)(H2,10,11,14). The zero-order valence-corrected chi connectivity index (χ0v) is 8.26. The maximum atomic E-state index is 11.0. The lowest BCUT2D eigenvalue weighted by atomic mass is 10.2. The van der Waals surface area contributed by atoms with Crippen LogP contribution in [0.3, 0.4) is 0 Å². The lowest BCUT2D eigenvalue weighted by molar-refractivity contribution is -0.140. The molecule has 5 heteroatoms. The van der Waals surface area contributed by atoms with Crippen molar-refractivity contribution in [2.45, 2.75) is 13.8 Å². The van der Waals surface area contributed by atoms with Gasteiger partial charge in [-0.2, -0.15) is 0 Å². The molecule has 0 aromatic rings. The third kappa shape index (κ3) is 5.89. The van der Waals surface area contributed by atoms with E-state index in [1.807, 2.05) is 0 Å². The van der Waals surface area contributed by atoms with Crippen molar-refractivity contribution in [3.8, 4) is 11.8 Å². The molecule has 0 aliphatic rings. The molecule has 0 saturated carbocycles. The van der Waals surface area contributed by atoms with Crippen LogP contribution in [0.25, 0.3) is 0 Å². The Morgan fingerprint density at radius 3 is 2.57 bits per heavy atom. The average molecular weight is 198 g/mol. The summed E-state index contributed by atoms with van der Waals surface area (Å²) in [5.74, 6) is 3.75. The van der Waals surface area contributed by atoms with Gasteiger partial charge in [-0.15, -0.1) is 5.92 Å². The Morgan fingerprint density at radius 2 is 2.07 bits per heavy atom. The fraction of sp³-hybridized carbons (Fsp3) is 0.556. The van der Waals surface area contributed by atoms with Crippen LogP contribution in [0.15, 0.2) is 0 Å². The Hall–Kier alpha value is -1.70. The predicted molar refractivity (Wildman–Crippen MR) is 51.7 cm³/mol. The molecular weight excluding hydrogens is 184 g/mol. The summed E-state index contributed by atoms with van der Waals surface area (Å²) in [6.07, 6.45) is 0. The first-order valence-electron chi connectivity index (χ1n) is 4.22. The van der Waals surface area contributed by atoms with Crippen LogP contribution in [0.2, 0.25) is 0 Å². The van der Waals surface area contributed by atoms with Gasteiger partial charge in [-0.1, -0.05) is 12.8 Å². The van der Waals surface area contributed by atoms with E-state index >= 15 is 0 Å². The minimum atomic E-state index is -0.932. The monoisotopic (exact) mass is 198 g/mol. The van der Waals surface area contributed by atoms with Gasteiger partial charge in [0.15, 0.2) is 0 Å². The van der Waals surface area contributed by atoms with Gasteiger partial charge in [0.2, 0.25) is 0 Å². The molecule has 0 fully saturated rings. The first-order valence-corrected chi connectivity index (χ1v) is 4.22. The van der Waals surface area contributed by atoms with Crippen molar-refractivity contribution in [3.05, 3.63) is 0 Å². The summed E-state index contributed by atoms with van der Waals surface area (Å²) in [5, 5.41) is 13.4. The number of urea groups is 1. The summed E-state index contributed by atoms with van der Waals surface area (Å²) in [7, 11) is 0. The normalized spacial score (nSPS) is 10.7. The Balaban J connectivity index is 3.62. The summed E-state index contributed by atoms with van der Waals surface area (Å²) in [6.45, 7) is 3.57. The van der Waals surface area contributed by atoms with Crippen LogP contribution in [0.5, 0.6) is 0 Å². The van der Waals surface area contributed by atoms with Crippen LogP contribution in [0, 0.1) is 17.8 Å². The van der Waals surface area contributed by atoms with Crippen molar-refractivity contribution >= 4 is 12.0 Å². The van der Waals surface area contributed by atoms with E-state index in [1.165, 1.54) is 6.92 Å². The average Bonchev–Trinajstić information content (AvgIpc) is 2.14. The van der Waals surface area contributed by atoms with Crippen LogP contribution in [-0.4, -0.2) is 30.2 Å². The molecule has 0 spiro atoms. The third-order valence-electron chi connectivity index (χ3n) is 1.50. The number of rotatable bonds is 4. The summed E-state index contributed by atoms with van der Waals surface area (Å²) < 4.78 is 0. The minimum absolute atomic E-state index is 0.112. The smallest absolute Gasteiger partial charge is 0.315 e. The van der Waals surface area contributed by atoms with Crippen molar-refractivity contribution < 1.29 is 14.7 Å². The Bertz CT molecular complexity index is 265. The van der Waals surface area contributed by atoms with Gasteiger partial charge in [-0.3, -0.25) is 4.79 Å². The van der Waals surface area contributed by atoms with Crippen molar-refractivity contribution in [2.24, 2.45) is 5.92 Å². The molecule has 1 unspecified atom stereocenters. The molecule has 0 aromatic carbocycles. The molecule has 0 bridgehead atoms. The maximum Gasteiger partial charge on any atom is 0.315 e. The SMILES string of the molecule is CC#CCNC(=O)NCC(C)C(=O)O. The summed E-state index contributed by atoms with van der Waals surface area (Å²) in [4.78, 5) is 21.3. The second-order valence-electron chi connectivity index (χ2n) is 2.73. The number of hydrogen-bond acceptors (Lipinski definition) is 2. The van der Waals surface area contributed by atoms with Crippen molar-refractivity contribution in [2.75, 3.05) is 13.1 Å². The molecule has 0 aliphatic heterocycles. The first-order chi connectivity index (χ1) is 6.57. The Morgan fingerprint density at radius 1 is 1.43 bits per heavy atom. The second-order valence-corrected chi connectivity index (χ2v) is 2.73. The molecule has 1 atom stereocenters. The van der Waals surface area contributed by atoms with E-state index in [1.54, 1.807) is 6.92 Å². The zero-order valence-electron chi connectivity index (χ0n) is 8.26. The number of carbonyl (C=O) groups is 2. The Kier molecular flexibility index (Phi) is 5.95. The largest absolute Gasteiger partial charge is 0.481 e. The van der Waals surface area contributed by atoms with Gasteiger partial charge in [0.1, 0.15) is 0 Å². The minimum Gasteiger partial charge on any atom is -0.481 e. The van der Waals surface area contributed by atoms with E-state index in [-0.39, 0.29) is 13.1 Å². The van der Waals surface area contributed by atoms with Crippen LogP contribution < -0.4 is 10.6 Å². The summed E-state index contributed by atoms with van der Waals surface area (Å²) in [6, 6.07) is -0.402. The van der Waals surface area contributed by atoms with Gasteiger partial charge < -0.3 is 15.7 Å². The van der Waals surface area contributed by atoms with Crippen molar-refractivity contribution in [1.29, 1.82) is 0 Å². The molecule has 3 N–H and O–H groups in total. The van der Waals surface area contributed by atoms with E-state index < -0.39 is 17.9 Å². The molecule has 0 aromatic heterocycles. The highest BCUT2D eigenvalue weighted by Crippen LogP contribution is 1.90. The highest BCUT2D eigenvalue weighted by atomic mass is 16.4. The van der Waals surface area contributed by atoms with E-state index in [9.17, 15) is 9.59 Å². The van der Waals surface area contributed by atoms with Gasteiger partial charge >= 0.3 is 12.0 Å². The Labute approximate surface area is 82.9 Å². The highest BCUT2D eigenvalue weighted by molar-refractivity contribution is 5.75. The van der Waals surface area contributed by atoms with Crippen molar-refractivity contribution in [3.63, 3.8) is 0 Å². The number of aliphatic carboxylic acids is 1. The van der Waals surface area contributed by atoms with E-state index in [0.717, 1.165) is 0 Å². The van der Waals surface area contributed by atoms with Crippen LogP contribution >= 0.6 is 0 Å². The second kappa shape index (κ2) is 6.78. The van der Waals surface area contributed by atoms with Crippen LogP contribution in [-0.2, 0) is 4.79 Å². The van der Waals surface area contributed by atoms with Gasteiger partial charge in [-0.25, -0.2) is 4.79 Å². The molecule has 0 rings (SSSR count). The molecule has 14 heavy (non-hydrogen) atoms. The first kappa shape index (κ1) is 12.3. The summed E-state index contributed by atoms with van der Waals surface area (Å²) >= 11 is 0. The molecule has 0 radical (unpaired) electrons. The topological polar surface area (TPSA) is 78.4 Å². The fourth-order valence-corrected chi connectivity index (χ4v) is 0.608. The van der Waals surface area contributed by atoms with Gasteiger partial charge in [0, 0.05) is 6.54 Å². The maximum absolute atomic E-state index is 11.0.